The van der Waals surface area contributed by atoms with E-state index in [1.54, 1.807) is 0 Å². The van der Waals surface area contributed by atoms with Gasteiger partial charge in [-0.2, -0.15) is 0 Å². The molecule has 0 aliphatic rings. The molecule has 0 fully saturated rings. The minimum absolute atomic E-state index is 0. The Bertz CT molecular complexity index is 403. The Morgan fingerprint density at radius 3 is 2.10 bits per heavy atom. The van der Waals surface area contributed by atoms with Crippen LogP contribution < -0.4 is 11.1 Å². The fourth-order valence-electron chi connectivity index (χ4n) is 2.02. The number of rotatable bonds is 6. The highest BCUT2D eigenvalue weighted by Crippen LogP contribution is 2.18. The molecule has 0 aliphatic carbocycles. The van der Waals surface area contributed by atoms with Crippen LogP contribution in [0.25, 0.3) is 0 Å². The second-order valence-corrected chi connectivity index (χ2v) is 5.45. The van der Waals surface area contributed by atoms with Crippen LogP contribution in [-0.2, 0) is 4.79 Å². The maximum absolute atomic E-state index is 11.9. The van der Waals surface area contributed by atoms with Gasteiger partial charge in [-0.1, -0.05) is 51.5 Å². The van der Waals surface area contributed by atoms with Gasteiger partial charge in [-0.05, 0) is 30.4 Å². The maximum Gasteiger partial charge on any atom is 0.237 e. The Kier molecular flexibility index (Phi) is 8.51. The highest BCUT2D eigenvalue weighted by atomic mass is 35.5. The van der Waals surface area contributed by atoms with E-state index in [4.69, 9.17) is 5.73 Å². The summed E-state index contributed by atoms with van der Waals surface area (Å²) < 4.78 is 0. The number of halogens is 1. The molecule has 1 amide bonds. The third-order valence-electron chi connectivity index (χ3n) is 3.40. The van der Waals surface area contributed by atoms with Crippen molar-refractivity contribution in [3.63, 3.8) is 0 Å². The highest BCUT2D eigenvalue weighted by molar-refractivity contribution is 5.85. The molecular weight excluding hydrogens is 272 g/mol. The lowest BCUT2D eigenvalue weighted by molar-refractivity contribution is -0.123. The predicted molar refractivity (Wildman–Crippen MR) is 87.2 cm³/mol. The normalized spacial score (nSPS) is 13.5. The first-order valence-corrected chi connectivity index (χ1v) is 7.11. The molecule has 0 aromatic heterocycles. The molecule has 1 aromatic rings. The van der Waals surface area contributed by atoms with Crippen molar-refractivity contribution >= 4 is 18.3 Å². The smallest absolute Gasteiger partial charge is 0.237 e. The molecule has 114 valence electrons. The number of hydrogen-bond acceptors (Lipinski definition) is 2. The Hall–Kier alpha value is -1.06. The minimum atomic E-state index is -0.401. The lowest BCUT2D eigenvalue weighted by Gasteiger charge is -2.18. The van der Waals surface area contributed by atoms with Crippen LogP contribution in [0.5, 0.6) is 0 Å². The summed E-state index contributed by atoms with van der Waals surface area (Å²) in [5, 5.41) is 2.97. The second-order valence-electron chi connectivity index (χ2n) is 5.45. The molecule has 3 N–H and O–H groups in total. The van der Waals surface area contributed by atoms with E-state index in [-0.39, 0.29) is 24.4 Å². The molecule has 0 radical (unpaired) electrons. The van der Waals surface area contributed by atoms with Crippen molar-refractivity contribution in [1.29, 1.82) is 0 Å². The van der Waals surface area contributed by atoms with E-state index >= 15 is 0 Å². The SMILES string of the molecule is CCCC(N)C(=O)NC(C)c1ccc(C(C)C)cc1.Cl. The van der Waals surface area contributed by atoms with E-state index in [0.29, 0.717) is 5.92 Å². The first kappa shape index (κ1) is 18.9. The predicted octanol–water partition coefficient (Wildman–Crippen LogP) is 3.54. The average Bonchev–Trinajstić information content (AvgIpc) is 2.38. The summed E-state index contributed by atoms with van der Waals surface area (Å²) in [6, 6.07) is 7.99. The van der Waals surface area contributed by atoms with Gasteiger partial charge < -0.3 is 11.1 Å². The van der Waals surface area contributed by atoms with Crippen molar-refractivity contribution in [1.82, 2.24) is 5.32 Å². The third-order valence-corrected chi connectivity index (χ3v) is 3.40. The van der Waals surface area contributed by atoms with Gasteiger partial charge in [0.2, 0.25) is 5.91 Å². The van der Waals surface area contributed by atoms with Crippen LogP contribution in [-0.4, -0.2) is 11.9 Å². The van der Waals surface area contributed by atoms with Gasteiger partial charge in [0.1, 0.15) is 0 Å². The highest BCUT2D eigenvalue weighted by Gasteiger charge is 2.15. The first-order chi connectivity index (χ1) is 8.95. The minimum Gasteiger partial charge on any atom is -0.348 e. The van der Waals surface area contributed by atoms with Crippen molar-refractivity contribution in [2.45, 2.75) is 58.5 Å². The summed E-state index contributed by atoms with van der Waals surface area (Å²) in [6.45, 7) is 8.36. The van der Waals surface area contributed by atoms with E-state index in [2.05, 4.69) is 43.4 Å². The van der Waals surface area contributed by atoms with Gasteiger partial charge in [0.25, 0.3) is 0 Å². The lowest BCUT2D eigenvalue weighted by atomic mass is 9.99. The largest absolute Gasteiger partial charge is 0.348 e. The number of hydrogen-bond donors (Lipinski definition) is 2. The molecule has 0 saturated heterocycles. The number of carbonyl (C=O) groups is 1. The Morgan fingerprint density at radius 1 is 1.15 bits per heavy atom. The number of amides is 1. The van der Waals surface area contributed by atoms with Gasteiger partial charge in [-0.15, -0.1) is 12.4 Å². The molecule has 4 heteroatoms. The molecular formula is C16H27ClN2O. The summed E-state index contributed by atoms with van der Waals surface area (Å²) >= 11 is 0. The summed E-state index contributed by atoms with van der Waals surface area (Å²) in [5.41, 5.74) is 8.23. The number of carbonyl (C=O) groups excluding carboxylic acids is 1. The summed E-state index contributed by atoms with van der Waals surface area (Å²) in [4.78, 5) is 11.9. The number of benzene rings is 1. The first-order valence-electron chi connectivity index (χ1n) is 7.11. The molecule has 0 saturated carbocycles. The van der Waals surface area contributed by atoms with E-state index in [1.807, 2.05) is 13.8 Å². The Morgan fingerprint density at radius 2 is 1.65 bits per heavy atom. The molecule has 0 spiro atoms. The van der Waals surface area contributed by atoms with Crippen LogP contribution in [0.2, 0.25) is 0 Å². The second kappa shape index (κ2) is 8.98. The Labute approximate surface area is 128 Å². The van der Waals surface area contributed by atoms with E-state index in [9.17, 15) is 4.79 Å². The Balaban J connectivity index is 0.00000361. The van der Waals surface area contributed by atoms with Gasteiger partial charge in [0.15, 0.2) is 0 Å². The van der Waals surface area contributed by atoms with Gasteiger partial charge >= 0.3 is 0 Å². The van der Waals surface area contributed by atoms with Gasteiger partial charge in [0, 0.05) is 0 Å². The fraction of sp³-hybridized carbons (Fsp3) is 0.562. The van der Waals surface area contributed by atoms with Gasteiger partial charge in [-0.3, -0.25) is 4.79 Å². The summed E-state index contributed by atoms with van der Waals surface area (Å²) in [6.07, 6.45) is 1.65. The summed E-state index contributed by atoms with van der Waals surface area (Å²) in [5.74, 6) is 0.458. The molecule has 2 unspecified atom stereocenters. The summed E-state index contributed by atoms with van der Waals surface area (Å²) in [7, 11) is 0. The van der Waals surface area contributed by atoms with Crippen LogP contribution in [0.4, 0.5) is 0 Å². The zero-order valence-electron chi connectivity index (χ0n) is 12.8. The van der Waals surface area contributed by atoms with Crippen molar-refractivity contribution in [2.75, 3.05) is 0 Å². The zero-order valence-corrected chi connectivity index (χ0v) is 13.7. The number of nitrogens with two attached hydrogens (primary N) is 1. The number of nitrogens with one attached hydrogen (secondary N) is 1. The van der Waals surface area contributed by atoms with Crippen molar-refractivity contribution < 1.29 is 4.79 Å². The van der Waals surface area contributed by atoms with Crippen molar-refractivity contribution in [2.24, 2.45) is 5.73 Å². The average molecular weight is 299 g/mol. The van der Waals surface area contributed by atoms with E-state index in [1.165, 1.54) is 5.56 Å². The van der Waals surface area contributed by atoms with E-state index < -0.39 is 6.04 Å². The van der Waals surface area contributed by atoms with Crippen LogP contribution in [0.15, 0.2) is 24.3 Å². The molecule has 0 heterocycles. The van der Waals surface area contributed by atoms with Crippen molar-refractivity contribution in [3.05, 3.63) is 35.4 Å². The van der Waals surface area contributed by atoms with Crippen LogP contribution in [0.3, 0.4) is 0 Å². The topological polar surface area (TPSA) is 55.1 Å². The van der Waals surface area contributed by atoms with E-state index in [0.717, 1.165) is 18.4 Å². The fourth-order valence-corrected chi connectivity index (χ4v) is 2.02. The quantitative estimate of drug-likeness (QED) is 0.844. The zero-order chi connectivity index (χ0) is 14.4. The standard InChI is InChI=1S/C16H26N2O.ClH/c1-5-6-15(17)16(19)18-12(4)14-9-7-13(8-10-14)11(2)3;/h7-12,15H,5-6,17H2,1-4H3,(H,18,19);1H. The van der Waals surface area contributed by atoms with Crippen LogP contribution >= 0.6 is 12.4 Å². The molecule has 2 atom stereocenters. The molecule has 3 nitrogen and oxygen atoms in total. The van der Waals surface area contributed by atoms with Crippen LogP contribution in [0, 0.1) is 0 Å². The molecule has 1 rings (SSSR count). The van der Waals surface area contributed by atoms with Crippen molar-refractivity contribution in [3.8, 4) is 0 Å². The van der Waals surface area contributed by atoms with Gasteiger partial charge in [0.05, 0.1) is 12.1 Å². The third kappa shape index (κ3) is 5.51. The molecule has 0 bridgehead atoms. The maximum atomic E-state index is 11.9. The van der Waals surface area contributed by atoms with Gasteiger partial charge in [-0.25, -0.2) is 0 Å². The molecule has 20 heavy (non-hydrogen) atoms. The lowest BCUT2D eigenvalue weighted by Crippen LogP contribution is -2.41. The molecule has 0 aliphatic heterocycles. The monoisotopic (exact) mass is 298 g/mol. The molecule has 1 aromatic carbocycles. The van der Waals surface area contributed by atoms with Crippen LogP contribution in [0.1, 0.15) is 63.6 Å².